The molecule has 1 aliphatic heterocycles. The molecule has 1 N–H and O–H groups in total. The van der Waals surface area contributed by atoms with Gasteiger partial charge in [-0.1, -0.05) is 11.6 Å². The molecular weight excluding hydrogens is 332 g/mol. The second kappa shape index (κ2) is 7.25. The van der Waals surface area contributed by atoms with Crippen molar-refractivity contribution in [3.8, 4) is 11.5 Å². The molecule has 0 atom stereocenters. The highest BCUT2D eigenvalue weighted by molar-refractivity contribution is 6.32. The topological polar surface area (TPSA) is 61.8 Å². The number of aromatic nitrogens is 1. The van der Waals surface area contributed by atoms with Crippen LogP contribution in [-0.2, 0) is 16.0 Å². The zero-order valence-corrected chi connectivity index (χ0v) is 14.5. The number of hydrogen-bond donors (Lipinski definition) is 1. The lowest BCUT2D eigenvalue weighted by molar-refractivity contribution is -0.382. The summed E-state index contributed by atoms with van der Waals surface area (Å²) in [6, 6.07) is 7.44. The maximum atomic E-state index is 6.29. The van der Waals surface area contributed by atoms with Crippen molar-refractivity contribution in [3.05, 3.63) is 46.6 Å². The van der Waals surface area contributed by atoms with Crippen LogP contribution in [0.4, 0.5) is 5.82 Å². The molecule has 7 heteroatoms. The van der Waals surface area contributed by atoms with Gasteiger partial charge in [0.25, 0.3) is 0 Å². The molecule has 6 nitrogen and oxygen atoms in total. The molecule has 0 amide bonds. The Morgan fingerprint density at radius 2 is 2.00 bits per heavy atom. The molecule has 128 valence electrons. The summed E-state index contributed by atoms with van der Waals surface area (Å²) in [5.74, 6) is 2.07. The highest BCUT2D eigenvalue weighted by Crippen LogP contribution is 2.34. The van der Waals surface area contributed by atoms with Crippen molar-refractivity contribution in [2.24, 2.45) is 0 Å². The molecule has 2 heterocycles. The number of methoxy groups -OCH3 is 2. The SMILES string of the molecule is COc1ccc(CNc2ncc(C3OC(C)O3)cc2Cl)c(OC)c1. The fourth-order valence-electron chi connectivity index (χ4n) is 2.40. The number of halogens is 1. The summed E-state index contributed by atoms with van der Waals surface area (Å²) in [7, 11) is 3.24. The van der Waals surface area contributed by atoms with E-state index >= 15 is 0 Å². The largest absolute Gasteiger partial charge is 0.497 e. The maximum absolute atomic E-state index is 6.29. The van der Waals surface area contributed by atoms with Crippen LogP contribution in [0.1, 0.15) is 24.3 Å². The minimum Gasteiger partial charge on any atom is -0.497 e. The average Bonchev–Trinajstić information content (AvgIpc) is 2.57. The number of benzene rings is 1. The van der Waals surface area contributed by atoms with E-state index in [9.17, 15) is 0 Å². The van der Waals surface area contributed by atoms with Gasteiger partial charge in [0, 0.05) is 29.9 Å². The molecule has 0 spiro atoms. The van der Waals surface area contributed by atoms with E-state index in [1.54, 1.807) is 26.5 Å². The third-order valence-corrected chi connectivity index (χ3v) is 3.99. The Kier molecular flexibility index (Phi) is 5.08. The zero-order valence-electron chi connectivity index (χ0n) is 13.7. The first-order valence-electron chi connectivity index (χ1n) is 7.52. The molecule has 1 aromatic heterocycles. The molecule has 1 saturated heterocycles. The second-order valence-electron chi connectivity index (χ2n) is 5.30. The zero-order chi connectivity index (χ0) is 17.1. The van der Waals surface area contributed by atoms with Crippen molar-refractivity contribution < 1.29 is 18.9 Å². The number of nitrogens with zero attached hydrogens (tertiary/aromatic N) is 1. The standard InChI is InChI=1S/C17H19ClN2O4/c1-10-23-17(24-10)12-6-14(18)16(20-9-12)19-8-11-4-5-13(21-2)7-15(11)22-3/h4-7,9-10,17H,8H2,1-3H3,(H,19,20). The van der Waals surface area contributed by atoms with Crippen LogP contribution in [0.2, 0.25) is 5.02 Å². The average molecular weight is 351 g/mol. The molecular formula is C17H19ClN2O4. The van der Waals surface area contributed by atoms with E-state index < -0.39 is 0 Å². The minimum absolute atomic E-state index is 0.186. The summed E-state index contributed by atoms with van der Waals surface area (Å²) in [5, 5.41) is 3.71. The van der Waals surface area contributed by atoms with Crippen molar-refractivity contribution in [1.82, 2.24) is 4.98 Å². The Balaban J connectivity index is 1.68. The fourth-order valence-corrected chi connectivity index (χ4v) is 2.65. The summed E-state index contributed by atoms with van der Waals surface area (Å²) >= 11 is 6.29. The van der Waals surface area contributed by atoms with E-state index in [1.165, 1.54) is 0 Å². The van der Waals surface area contributed by atoms with Crippen molar-refractivity contribution in [3.63, 3.8) is 0 Å². The molecule has 0 saturated carbocycles. The Bertz CT molecular complexity index is 720. The predicted octanol–water partition coefficient (Wildman–Crippen LogP) is 3.76. The molecule has 3 rings (SSSR count). The fraction of sp³-hybridized carbons (Fsp3) is 0.353. The van der Waals surface area contributed by atoms with Gasteiger partial charge in [-0.05, 0) is 25.1 Å². The highest BCUT2D eigenvalue weighted by Gasteiger charge is 2.29. The number of nitrogens with one attached hydrogen (secondary N) is 1. The lowest BCUT2D eigenvalue weighted by atomic mass is 10.2. The Hall–Kier alpha value is -2.02. The predicted molar refractivity (Wildman–Crippen MR) is 90.5 cm³/mol. The van der Waals surface area contributed by atoms with E-state index in [1.807, 2.05) is 25.1 Å². The van der Waals surface area contributed by atoms with Gasteiger partial charge in [-0.25, -0.2) is 4.98 Å². The number of rotatable bonds is 6. The van der Waals surface area contributed by atoms with Crippen molar-refractivity contribution >= 4 is 17.4 Å². The third-order valence-electron chi connectivity index (χ3n) is 3.71. The van der Waals surface area contributed by atoms with Crippen LogP contribution in [0.5, 0.6) is 11.5 Å². The molecule has 0 unspecified atom stereocenters. The second-order valence-corrected chi connectivity index (χ2v) is 5.71. The van der Waals surface area contributed by atoms with E-state index in [0.717, 1.165) is 22.6 Å². The van der Waals surface area contributed by atoms with E-state index in [4.69, 9.17) is 30.5 Å². The van der Waals surface area contributed by atoms with Gasteiger partial charge in [0.1, 0.15) is 17.3 Å². The van der Waals surface area contributed by atoms with Gasteiger partial charge < -0.3 is 24.3 Å². The van der Waals surface area contributed by atoms with Crippen LogP contribution in [-0.4, -0.2) is 25.5 Å². The molecule has 2 aromatic rings. The van der Waals surface area contributed by atoms with Crippen LogP contribution in [0.15, 0.2) is 30.5 Å². The first kappa shape index (κ1) is 16.8. The van der Waals surface area contributed by atoms with Gasteiger partial charge >= 0.3 is 0 Å². The minimum atomic E-state index is -0.388. The van der Waals surface area contributed by atoms with Gasteiger partial charge in [-0.15, -0.1) is 0 Å². The quantitative estimate of drug-likeness (QED) is 0.856. The summed E-state index contributed by atoms with van der Waals surface area (Å²) < 4.78 is 21.4. The molecule has 0 radical (unpaired) electrons. The van der Waals surface area contributed by atoms with Gasteiger partial charge in [0.05, 0.1) is 19.2 Å². The Morgan fingerprint density at radius 3 is 2.62 bits per heavy atom. The van der Waals surface area contributed by atoms with Gasteiger partial charge in [0.2, 0.25) is 0 Å². The smallest absolute Gasteiger partial charge is 0.191 e. The lowest BCUT2D eigenvalue weighted by Gasteiger charge is -2.33. The Labute approximate surface area is 145 Å². The van der Waals surface area contributed by atoms with Crippen LogP contribution >= 0.6 is 11.6 Å². The van der Waals surface area contributed by atoms with Crippen molar-refractivity contribution in [2.75, 3.05) is 19.5 Å². The Morgan fingerprint density at radius 1 is 1.21 bits per heavy atom. The van der Waals surface area contributed by atoms with Crippen molar-refractivity contribution in [1.29, 1.82) is 0 Å². The molecule has 1 fully saturated rings. The summed E-state index contributed by atoms with van der Waals surface area (Å²) in [6.07, 6.45) is 1.12. The van der Waals surface area contributed by atoms with Crippen LogP contribution in [0, 0.1) is 0 Å². The van der Waals surface area contributed by atoms with Crippen molar-refractivity contribution in [2.45, 2.75) is 26.0 Å². The summed E-state index contributed by atoms with van der Waals surface area (Å²) in [4.78, 5) is 4.34. The van der Waals surface area contributed by atoms with E-state index in [-0.39, 0.29) is 12.6 Å². The van der Waals surface area contributed by atoms with E-state index in [0.29, 0.717) is 17.4 Å². The molecule has 0 aliphatic carbocycles. The lowest BCUT2D eigenvalue weighted by Crippen LogP contribution is -2.31. The number of ether oxygens (including phenoxy) is 4. The van der Waals surface area contributed by atoms with Gasteiger partial charge in [0.15, 0.2) is 12.6 Å². The number of anilines is 1. The maximum Gasteiger partial charge on any atom is 0.191 e. The molecule has 1 aromatic carbocycles. The monoisotopic (exact) mass is 350 g/mol. The van der Waals surface area contributed by atoms with Crippen LogP contribution in [0.25, 0.3) is 0 Å². The molecule has 0 bridgehead atoms. The summed E-state index contributed by atoms with van der Waals surface area (Å²) in [6.45, 7) is 2.36. The number of hydrogen-bond acceptors (Lipinski definition) is 6. The first-order chi connectivity index (χ1) is 11.6. The molecule has 24 heavy (non-hydrogen) atoms. The van der Waals surface area contributed by atoms with Gasteiger partial charge in [-0.3, -0.25) is 0 Å². The van der Waals surface area contributed by atoms with Crippen LogP contribution in [0.3, 0.4) is 0 Å². The first-order valence-corrected chi connectivity index (χ1v) is 7.89. The van der Waals surface area contributed by atoms with Crippen LogP contribution < -0.4 is 14.8 Å². The van der Waals surface area contributed by atoms with E-state index in [2.05, 4.69) is 10.3 Å². The third kappa shape index (κ3) is 3.56. The highest BCUT2D eigenvalue weighted by atomic mass is 35.5. The normalized spacial score (nSPS) is 19.5. The summed E-state index contributed by atoms with van der Waals surface area (Å²) in [5.41, 5.74) is 1.77. The molecule has 1 aliphatic rings. The van der Waals surface area contributed by atoms with Gasteiger partial charge in [-0.2, -0.15) is 0 Å². The number of pyridine rings is 1.